The van der Waals surface area contributed by atoms with Gasteiger partial charge in [-0.05, 0) is 29.8 Å². The van der Waals surface area contributed by atoms with Crippen LogP contribution in [0.15, 0.2) is 75.0 Å². The molecule has 1 aromatic heterocycles. The molecule has 2 nitrogen and oxygen atoms in total. The minimum absolute atomic E-state index is 0.535. The molecule has 0 saturated heterocycles. The predicted molar refractivity (Wildman–Crippen MR) is 112 cm³/mol. The lowest BCUT2D eigenvalue weighted by atomic mass is 10.2. The highest BCUT2D eigenvalue weighted by Gasteiger charge is 2.09. The molecule has 0 saturated carbocycles. The number of halogens is 2. The van der Waals surface area contributed by atoms with Crippen molar-refractivity contribution in [3.8, 4) is 17.3 Å². The van der Waals surface area contributed by atoms with Crippen LogP contribution in [0.5, 0.6) is 0 Å². The van der Waals surface area contributed by atoms with E-state index in [9.17, 15) is 5.26 Å². The van der Waals surface area contributed by atoms with Gasteiger partial charge in [0.05, 0.1) is 11.3 Å². The van der Waals surface area contributed by atoms with Gasteiger partial charge in [-0.2, -0.15) is 5.26 Å². The Hall–Kier alpha value is -2.00. The molecule has 0 aliphatic carbocycles. The average Bonchev–Trinajstić information content (AvgIpc) is 3.11. The molecule has 0 N–H and O–H groups in total. The van der Waals surface area contributed by atoms with Gasteiger partial charge < -0.3 is 0 Å². The van der Waals surface area contributed by atoms with Crippen LogP contribution in [0.25, 0.3) is 22.9 Å². The summed E-state index contributed by atoms with van der Waals surface area (Å²) >= 11 is 8.42. The first-order valence-electron chi connectivity index (χ1n) is 7.41. The van der Waals surface area contributed by atoms with Crippen molar-refractivity contribution in [1.29, 1.82) is 5.26 Å². The summed E-state index contributed by atoms with van der Waals surface area (Å²) in [6, 6.07) is 20.2. The average molecular weight is 472 g/mol. The number of hydrogen-bond acceptors (Lipinski definition) is 3. The third kappa shape index (κ3) is 4.76. The van der Waals surface area contributed by atoms with Gasteiger partial charge in [-0.25, -0.2) is 4.98 Å². The molecule has 25 heavy (non-hydrogen) atoms. The van der Waals surface area contributed by atoms with Crippen LogP contribution in [0.3, 0.4) is 0 Å². The monoisotopic (exact) mass is 470 g/mol. The van der Waals surface area contributed by atoms with Crippen molar-refractivity contribution >= 4 is 54.8 Å². The summed E-state index contributed by atoms with van der Waals surface area (Å²) in [7, 11) is 0. The molecular weight excluding hydrogens is 460 g/mol. The van der Waals surface area contributed by atoms with Crippen LogP contribution >= 0.6 is 43.2 Å². The van der Waals surface area contributed by atoms with Crippen molar-refractivity contribution in [3.63, 3.8) is 0 Å². The molecule has 0 spiro atoms. The lowest BCUT2D eigenvalue weighted by Gasteiger charge is -1.97. The molecule has 1 heterocycles. The van der Waals surface area contributed by atoms with E-state index in [0.29, 0.717) is 10.6 Å². The first-order valence-corrected chi connectivity index (χ1v) is 9.88. The van der Waals surface area contributed by atoms with Crippen LogP contribution < -0.4 is 0 Å². The van der Waals surface area contributed by atoms with Gasteiger partial charge in [-0.3, -0.25) is 0 Å². The van der Waals surface area contributed by atoms with Crippen molar-refractivity contribution in [1.82, 2.24) is 4.98 Å². The fraction of sp³-hybridized carbons (Fsp3) is 0. The molecule has 0 aliphatic heterocycles. The van der Waals surface area contributed by atoms with Crippen molar-refractivity contribution in [2.75, 3.05) is 0 Å². The summed E-state index contributed by atoms with van der Waals surface area (Å²) in [6.45, 7) is 0. The molecule has 122 valence electrons. The van der Waals surface area contributed by atoms with Gasteiger partial charge in [0.25, 0.3) is 0 Å². The minimum Gasteiger partial charge on any atom is -0.235 e. The van der Waals surface area contributed by atoms with E-state index < -0.39 is 0 Å². The molecule has 3 rings (SSSR count). The Morgan fingerprint density at radius 3 is 2.48 bits per heavy atom. The van der Waals surface area contributed by atoms with Gasteiger partial charge in [0.1, 0.15) is 11.1 Å². The molecule has 0 fully saturated rings. The van der Waals surface area contributed by atoms with Gasteiger partial charge in [0.2, 0.25) is 0 Å². The summed E-state index contributed by atoms with van der Waals surface area (Å²) in [5, 5.41) is 12.2. The van der Waals surface area contributed by atoms with Crippen molar-refractivity contribution in [2.45, 2.75) is 0 Å². The zero-order valence-corrected chi connectivity index (χ0v) is 17.0. The standard InChI is InChI=1S/C20H12Br2N2S/c21-17-8-6-15(7-9-17)19-13-25-20(24-19)16(12-23)11-18(22)10-14-4-2-1-3-5-14/h1-11,13H. The Labute approximate surface area is 167 Å². The Morgan fingerprint density at radius 1 is 1.08 bits per heavy atom. The van der Waals surface area contributed by atoms with Gasteiger partial charge in [0.15, 0.2) is 0 Å². The number of thiazole rings is 1. The smallest absolute Gasteiger partial charge is 0.134 e. The van der Waals surface area contributed by atoms with E-state index in [1.807, 2.05) is 66.1 Å². The highest BCUT2D eigenvalue weighted by Crippen LogP contribution is 2.28. The fourth-order valence-corrected chi connectivity index (χ4v) is 3.73. The second-order valence-corrected chi connectivity index (χ2v) is 7.84. The molecule has 5 heteroatoms. The zero-order valence-electron chi connectivity index (χ0n) is 13.0. The Morgan fingerprint density at radius 2 is 1.80 bits per heavy atom. The summed E-state index contributed by atoms with van der Waals surface area (Å²) in [4.78, 5) is 4.61. The molecular formula is C20H12Br2N2S. The highest BCUT2D eigenvalue weighted by molar-refractivity contribution is 9.12. The second-order valence-electron chi connectivity index (χ2n) is 5.15. The third-order valence-electron chi connectivity index (χ3n) is 3.38. The fourth-order valence-electron chi connectivity index (χ4n) is 2.18. The van der Waals surface area contributed by atoms with E-state index >= 15 is 0 Å². The number of aromatic nitrogens is 1. The molecule has 0 amide bonds. The quantitative estimate of drug-likeness (QED) is 0.306. The zero-order chi connectivity index (χ0) is 17.6. The maximum absolute atomic E-state index is 9.50. The van der Waals surface area contributed by atoms with Crippen molar-refractivity contribution in [3.05, 3.63) is 85.6 Å². The van der Waals surface area contributed by atoms with Crippen LogP contribution in [0.4, 0.5) is 0 Å². The summed E-state index contributed by atoms with van der Waals surface area (Å²) in [5.41, 5.74) is 3.50. The lowest BCUT2D eigenvalue weighted by Crippen LogP contribution is -1.83. The second kappa shape index (κ2) is 8.39. The SMILES string of the molecule is N#CC(=CC(Br)=Cc1ccccc1)c1nc(-c2ccc(Br)cc2)cs1. The van der Waals surface area contributed by atoms with Gasteiger partial charge in [0, 0.05) is 19.9 Å². The van der Waals surface area contributed by atoms with E-state index in [1.54, 1.807) is 6.08 Å². The lowest BCUT2D eigenvalue weighted by molar-refractivity contribution is 1.36. The highest BCUT2D eigenvalue weighted by atomic mass is 79.9. The molecule has 0 aliphatic rings. The maximum Gasteiger partial charge on any atom is 0.134 e. The molecule has 0 unspecified atom stereocenters. The van der Waals surface area contributed by atoms with Crippen LogP contribution in [0.1, 0.15) is 10.6 Å². The number of nitriles is 1. The normalized spacial score (nSPS) is 12.0. The molecule has 2 aromatic carbocycles. The first-order chi connectivity index (χ1) is 12.2. The van der Waals surface area contributed by atoms with Gasteiger partial charge in [-0.15, -0.1) is 11.3 Å². The summed E-state index contributed by atoms with van der Waals surface area (Å²) in [6.07, 6.45) is 3.78. The van der Waals surface area contributed by atoms with Crippen LogP contribution in [0.2, 0.25) is 0 Å². The molecule has 0 radical (unpaired) electrons. The number of allylic oxidation sites excluding steroid dienone is 3. The number of nitrogens with zero attached hydrogens (tertiary/aromatic N) is 2. The molecule has 0 atom stereocenters. The predicted octanol–water partition coefficient (Wildman–Crippen LogP) is 6.92. The van der Waals surface area contributed by atoms with E-state index in [-0.39, 0.29) is 0 Å². The number of benzene rings is 2. The van der Waals surface area contributed by atoms with E-state index in [1.165, 1.54) is 11.3 Å². The molecule has 0 bridgehead atoms. The van der Waals surface area contributed by atoms with Gasteiger partial charge in [-0.1, -0.05) is 74.3 Å². The topological polar surface area (TPSA) is 36.7 Å². The number of hydrogen-bond donors (Lipinski definition) is 0. The maximum atomic E-state index is 9.50. The van der Waals surface area contributed by atoms with Crippen LogP contribution in [-0.2, 0) is 0 Å². The van der Waals surface area contributed by atoms with E-state index in [0.717, 1.165) is 25.8 Å². The molecule has 3 aromatic rings. The Kier molecular flexibility index (Phi) is 5.98. The minimum atomic E-state index is 0.535. The Bertz CT molecular complexity index is 965. The van der Waals surface area contributed by atoms with Gasteiger partial charge >= 0.3 is 0 Å². The van der Waals surface area contributed by atoms with E-state index in [4.69, 9.17) is 0 Å². The van der Waals surface area contributed by atoms with Crippen molar-refractivity contribution < 1.29 is 0 Å². The largest absolute Gasteiger partial charge is 0.235 e. The number of rotatable bonds is 4. The van der Waals surface area contributed by atoms with Crippen LogP contribution in [0, 0.1) is 11.3 Å². The summed E-state index contributed by atoms with van der Waals surface area (Å²) in [5.74, 6) is 0. The van der Waals surface area contributed by atoms with Crippen molar-refractivity contribution in [2.24, 2.45) is 0 Å². The summed E-state index contributed by atoms with van der Waals surface area (Å²) < 4.78 is 1.86. The third-order valence-corrected chi connectivity index (χ3v) is 5.24. The van der Waals surface area contributed by atoms with Crippen LogP contribution in [-0.4, -0.2) is 4.98 Å². The first kappa shape index (κ1) is 17.8. The Balaban J connectivity index is 1.88. The van der Waals surface area contributed by atoms with E-state index in [2.05, 4.69) is 42.9 Å².